The van der Waals surface area contributed by atoms with E-state index in [1.807, 2.05) is 13.8 Å². The molecule has 0 aromatic heterocycles. The molecule has 1 unspecified atom stereocenters. The van der Waals surface area contributed by atoms with Crippen molar-refractivity contribution in [1.29, 1.82) is 5.26 Å². The van der Waals surface area contributed by atoms with Gasteiger partial charge in [0.05, 0.1) is 11.7 Å². The zero-order valence-corrected chi connectivity index (χ0v) is 9.42. The molecule has 1 saturated heterocycles. The van der Waals surface area contributed by atoms with Gasteiger partial charge in [-0.3, -0.25) is 4.90 Å². The van der Waals surface area contributed by atoms with Crippen LogP contribution in [0.15, 0.2) is 0 Å². The van der Waals surface area contributed by atoms with Gasteiger partial charge in [-0.15, -0.1) is 0 Å². The molecule has 1 heterocycles. The third-order valence-corrected chi connectivity index (χ3v) is 2.97. The van der Waals surface area contributed by atoms with E-state index in [9.17, 15) is 0 Å². The van der Waals surface area contributed by atoms with Gasteiger partial charge in [-0.25, -0.2) is 0 Å². The van der Waals surface area contributed by atoms with Crippen molar-refractivity contribution in [3.05, 3.63) is 0 Å². The Hall–Kier alpha value is -0.590. The Labute approximate surface area is 86.6 Å². The standard InChI is InChI=1S/C11H20N2O/c1-11(2,14-3)8-10(9-12)13-6-4-5-7-13/h10H,4-8H2,1-3H3. The smallest absolute Gasteiger partial charge is 0.100 e. The quantitative estimate of drug-likeness (QED) is 0.687. The lowest BCUT2D eigenvalue weighted by molar-refractivity contribution is 0.00126. The van der Waals surface area contributed by atoms with Crippen molar-refractivity contribution in [3.63, 3.8) is 0 Å². The third kappa shape index (κ3) is 2.97. The summed E-state index contributed by atoms with van der Waals surface area (Å²) >= 11 is 0. The van der Waals surface area contributed by atoms with E-state index in [0.29, 0.717) is 0 Å². The van der Waals surface area contributed by atoms with E-state index in [-0.39, 0.29) is 11.6 Å². The fraction of sp³-hybridized carbons (Fsp3) is 0.909. The zero-order chi connectivity index (χ0) is 10.6. The maximum Gasteiger partial charge on any atom is 0.100 e. The van der Waals surface area contributed by atoms with Gasteiger partial charge in [0.2, 0.25) is 0 Å². The van der Waals surface area contributed by atoms with Crippen LogP contribution in [-0.4, -0.2) is 36.7 Å². The molecular weight excluding hydrogens is 176 g/mol. The van der Waals surface area contributed by atoms with Crippen molar-refractivity contribution in [1.82, 2.24) is 4.90 Å². The van der Waals surface area contributed by atoms with Crippen LogP contribution in [0, 0.1) is 11.3 Å². The third-order valence-electron chi connectivity index (χ3n) is 2.97. The Balaban J connectivity index is 2.50. The molecule has 14 heavy (non-hydrogen) atoms. The lowest BCUT2D eigenvalue weighted by Crippen LogP contribution is -2.38. The van der Waals surface area contributed by atoms with Crippen molar-refractivity contribution in [3.8, 4) is 6.07 Å². The van der Waals surface area contributed by atoms with Crippen LogP contribution in [0.3, 0.4) is 0 Å². The van der Waals surface area contributed by atoms with Crippen LogP contribution in [-0.2, 0) is 4.74 Å². The number of nitrogens with zero attached hydrogens (tertiary/aromatic N) is 2. The van der Waals surface area contributed by atoms with Gasteiger partial charge >= 0.3 is 0 Å². The van der Waals surface area contributed by atoms with E-state index in [1.165, 1.54) is 12.8 Å². The lowest BCUT2D eigenvalue weighted by Gasteiger charge is -2.29. The summed E-state index contributed by atoms with van der Waals surface area (Å²) in [6, 6.07) is 2.40. The summed E-state index contributed by atoms with van der Waals surface area (Å²) in [7, 11) is 1.71. The topological polar surface area (TPSA) is 36.3 Å². The molecule has 0 bridgehead atoms. The minimum atomic E-state index is -0.191. The second-order valence-electron chi connectivity index (χ2n) is 4.56. The number of hydrogen-bond acceptors (Lipinski definition) is 3. The summed E-state index contributed by atoms with van der Waals surface area (Å²) in [5.41, 5.74) is -0.191. The Morgan fingerprint density at radius 3 is 2.43 bits per heavy atom. The molecule has 1 fully saturated rings. The van der Waals surface area contributed by atoms with Gasteiger partial charge in [0, 0.05) is 13.5 Å². The van der Waals surface area contributed by atoms with Crippen LogP contribution < -0.4 is 0 Å². The number of likely N-dealkylation sites (tertiary alicyclic amines) is 1. The molecule has 0 aromatic carbocycles. The maximum atomic E-state index is 9.10. The zero-order valence-electron chi connectivity index (χ0n) is 9.42. The molecule has 80 valence electrons. The van der Waals surface area contributed by atoms with E-state index in [2.05, 4.69) is 11.0 Å². The summed E-state index contributed by atoms with van der Waals surface area (Å²) in [6.45, 7) is 6.21. The molecular formula is C11H20N2O. The van der Waals surface area contributed by atoms with Crippen LogP contribution in [0.25, 0.3) is 0 Å². The van der Waals surface area contributed by atoms with Crippen molar-refractivity contribution in [2.75, 3.05) is 20.2 Å². The molecule has 1 aliphatic rings. The van der Waals surface area contributed by atoms with Crippen molar-refractivity contribution < 1.29 is 4.74 Å². The monoisotopic (exact) mass is 196 g/mol. The number of methoxy groups -OCH3 is 1. The highest BCUT2D eigenvalue weighted by Crippen LogP contribution is 2.21. The van der Waals surface area contributed by atoms with Gasteiger partial charge in [-0.05, 0) is 39.8 Å². The molecule has 1 aliphatic heterocycles. The van der Waals surface area contributed by atoms with E-state index >= 15 is 0 Å². The van der Waals surface area contributed by atoms with Crippen molar-refractivity contribution in [2.45, 2.75) is 44.8 Å². The molecule has 0 radical (unpaired) electrons. The molecule has 1 atom stereocenters. The summed E-state index contributed by atoms with van der Waals surface area (Å²) in [4.78, 5) is 2.26. The van der Waals surface area contributed by atoms with Crippen LogP contribution in [0.4, 0.5) is 0 Å². The fourth-order valence-electron chi connectivity index (χ4n) is 1.86. The predicted octanol–water partition coefficient (Wildman–Crippen LogP) is 1.79. The second kappa shape index (κ2) is 4.77. The Morgan fingerprint density at radius 2 is 2.00 bits per heavy atom. The van der Waals surface area contributed by atoms with Gasteiger partial charge in [-0.2, -0.15) is 5.26 Å². The number of rotatable bonds is 4. The molecule has 0 amide bonds. The average molecular weight is 196 g/mol. The largest absolute Gasteiger partial charge is 0.379 e. The Morgan fingerprint density at radius 1 is 1.43 bits per heavy atom. The van der Waals surface area contributed by atoms with E-state index < -0.39 is 0 Å². The molecule has 3 nitrogen and oxygen atoms in total. The number of ether oxygens (including phenoxy) is 1. The van der Waals surface area contributed by atoms with Crippen LogP contribution >= 0.6 is 0 Å². The summed E-state index contributed by atoms with van der Waals surface area (Å²) in [5.74, 6) is 0. The normalized spacial score (nSPS) is 20.7. The highest BCUT2D eigenvalue weighted by Gasteiger charge is 2.28. The molecule has 0 aromatic rings. The van der Waals surface area contributed by atoms with E-state index in [0.717, 1.165) is 19.5 Å². The molecule has 0 saturated carbocycles. The first-order chi connectivity index (χ1) is 6.59. The summed E-state index contributed by atoms with van der Waals surface area (Å²) < 4.78 is 5.35. The first-order valence-corrected chi connectivity index (χ1v) is 5.28. The minimum Gasteiger partial charge on any atom is -0.379 e. The van der Waals surface area contributed by atoms with Crippen LogP contribution in [0.2, 0.25) is 0 Å². The van der Waals surface area contributed by atoms with E-state index in [1.54, 1.807) is 7.11 Å². The lowest BCUT2D eigenvalue weighted by atomic mass is 9.99. The highest BCUT2D eigenvalue weighted by atomic mass is 16.5. The van der Waals surface area contributed by atoms with Crippen molar-refractivity contribution in [2.24, 2.45) is 0 Å². The van der Waals surface area contributed by atoms with Gasteiger partial charge in [-0.1, -0.05) is 0 Å². The molecule has 1 rings (SSSR count). The van der Waals surface area contributed by atoms with Crippen molar-refractivity contribution >= 4 is 0 Å². The van der Waals surface area contributed by atoms with Gasteiger partial charge < -0.3 is 4.74 Å². The van der Waals surface area contributed by atoms with Crippen LogP contribution in [0.5, 0.6) is 0 Å². The molecule has 0 N–H and O–H groups in total. The first-order valence-electron chi connectivity index (χ1n) is 5.28. The van der Waals surface area contributed by atoms with Gasteiger partial charge in [0.1, 0.15) is 6.04 Å². The van der Waals surface area contributed by atoms with Crippen LogP contribution in [0.1, 0.15) is 33.1 Å². The summed E-state index contributed by atoms with van der Waals surface area (Å²) in [6.07, 6.45) is 3.25. The number of nitriles is 1. The second-order valence-corrected chi connectivity index (χ2v) is 4.56. The SMILES string of the molecule is COC(C)(C)CC(C#N)N1CCCC1. The highest BCUT2D eigenvalue weighted by molar-refractivity contribution is 4.97. The Bertz CT molecular complexity index is 214. The van der Waals surface area contributed by atoms with E-state index in [4.69, 9.17) is 10.00 Å². The first kappa shape index (κ1) is 11.5. The van der Waals surface area contributed by atoms with Gasteiger partial charge in [0.15, 0.2) is 0 Å². The molecule has 3 heteroatoms. The average Bonchev–Trinajstić information content (AvgIpc) is 2.67. The number of hydrogen-bond donors (Lipinski definition) is 0. The predicted molar refractivity (Wildman–Crippen MR) is 55.9 cm³/mol. The maximum absolute atomic E-state index is 9.10. The Kier molecular flexibility index (Phi) is 3.91. The molecule has 0 spiro atoms. The molecule has 0 aliphatic carbocycles. The minimum absolute atomic E-state index is 0.0208. The summed E-state index contributed by atoms with van der Waals surface area (Å²) in [5, 5.41) is 9.10. The fourth-order valence-corrected chi connectivity index (χ4v) is 1.86. The van der Waals surface area contributed by atoms with Gasteiger partial charge in [0.25, 0.3) is 0 Å².